The normalized spacial score (nSPS) is 22.4. The van der Waals surface area contributed by atoms with Gasteiger partial charge in [0.2, 0.25) is 0 Å². The first-order chi connectivity index (χ1) is 15.3. The van der Waals surface area contributed by atoms with Gasteiger partial charge in [0.15, 0.2) is 0 Å². The molecule has 3 atom stereocenters. The number of alkyl halides is 3. The first-order valence-electron chi connectivity index (χ1n) is 10.3. The largest absolute Gasteiger partial charge is 0.417 e. The molecule has 2 fully saturated rings. The fourth-order valence-electron chi connectivity index (χ4n) is 4.64. The van der Waals surface area contributed by atoms with Crippen molar-refractivity contribution < 1.29 is 18.0 Å². The maximum atomic E-state index is 13.5. The Labute approximate surface area is 186 Å². The van der Waals surface area contributed by atoms with Crippen LogP contribution in [0.15, 0.2) is 42.0 Å². The molecule has 1 saturated carbocycles. The molecule has 1 saturated heterocycles. The van der Waals surface area contributed by atoms with E-state index < -0.39 is 11.7 Å². The molecule has 2 bridgehead atoms. The molecule has 3 aromatic heterocycles. The van der Waals surface area contributed by atoms with Crippen molar-refractivity contribution in [1.29, 1.82) is 0 Å². The molecule has 0 radical (unpaired) electrons. The topological polar surface area (TPSA) is 71.0 Å². The number of pyridine rings is 2. The van der Waals surface area contributed by atoms with Crippen LogP contribution in [-0.2, 0) is 6.18 Å². The second-order valence-electron chi connectivity index (χ2n) is 8.23. The highest BCUT2D eigenvalue weighted by atomic mass is 32.1. The van der Waals surface area contributed by atoms with Crippen LogP contribution in [-0.4, -0.2) is 44.4 Å². The number of aryl methyl sites for hydroxylation is 1. The molecule has 1 N–H and O–H groups in total. The molecule has 3 aromatic rings. The number of nitrogens with zero attached hydrogens (tertiary/aromatic N) is 4. The summed E-state index contributed by atoms with van der Waals surface area (Å²) in [5, 5.41) is 5.79. The van der Waals surface area contributed by atoms with Crippen molar-refractivity contribution >= 4 is 23.1 Å². The Bertz CT molecular complexity index is 1130. The molecule has 166 valence electrons. The maximum Gasteiger partial charge on any atom is 0.417 e. The van der Waals surface area contributed by atoms with Crippen molar-refractivity contribution in [3.8, 4) is 10.7 Å². The fraction of sp³-hybridized carbons (Fsp3) is 0.364. The van der Waals surface area contributed by atoms with Crippen molar-refractivity contribution in [2.45, 2.75) is 38.0 Å². The van der Waals surface area contributed by atoms with E-state index in [0.29, 0.717) is 34.5 Å². The average Bonchev–Trinajstić information content (AvgIpc) is 3.50. The lowest BCUT2D eigenvalue weighted by Gasteiger charge is -2.34. The van der Waals surface area contributed by atoms with Crippen LogP contribution in [0.3, 0.4) is 0 Å². The molecule has 32 heavy (non-hydrogen) atoms. The Morgan fingerprint density at radius 3 is 2.69 bits per heavy atom. The van der Waals surface area contributed by atoms with E-state index in [0.717, 1.165) is 30.8 Å². The monoisotopic (exact) mass is 459 g/mol. The Hall–Kier alpha value is -3.01. The lowest BCUT2D eigenvalue weighted by atomic mass is 10.0. The van der Waals surface area contributed by atoms with Crippen molar-refractivity contribution in [3.63, 3.8) is 0 Å². The van der Waals surface area contributed by atoms with Gasteiger partial charge in [-0.15, -0.1) is 11.3 Å². The minimum absolute atomic E-state index is 0.0537. The van der Waals surface area contributed by atoms with Gasteiger partial charge in [0.1, 0.15) is 16.5 Å². The van der Waals surface area contributed by atoms with Crippen LogP contribution < -0.4 is 5.32 Å². The van der Waals surface area contributed by atoms with Crippen LogP contribution in [0.4, 0.5) is 19.0 Å². The summed E-state index contributed by atoms with van der Waals surface area (Å²) in [7, 11) is 0. The summed E-state index contributed by atoms with van der Waals surface area (Å²) in [4.78, 5) is 28.2. The number of piperidine rings is 1. The van der Waals surface area contributed by atoms with Crippen LogP contribution in [0, 0.1) is 12.8 Å². The number of aromatic nitrogens is 3. The number of thiazole rings is 1. The second kappa shape index (κ2) is 7.84. The van der Waals surface area contributed by atoms with E-state index in [4.69, 9.17) is 0 Å². The zero-order chi connectivity index (χ0) is 22.5. The maximum absolute atomic E-state index is 13.5. The van der Waals surface area contributed by atoms with E-state index in [2.05, 4.69) is 20.3 Å². The predicted molar refractivity (Wildman–Crippen MR) is 114 cm³/mol. The molecule has 0 spiro atoms. The highest BCUT2D eigenvalue weighted by Crippen LogP contribution is 2.40. The molecule has 5 rings (SSSR count). The van der Waals surface area contributed by atoms with Gasteiger partial charge in [0.25, 0.3) is 5.91 Å². The Morgan fingerprint density at radius 2 is 2.03 bits per heavy atom. The van der Waals surface area contributed by atoms with Gasteiger partial charge in [-0.3, -0.25) is 4.79 Å². The number of rotatable bonds is 4. The lowest BCUT2D eigenvalue weighted by Crippen LogP contribution is -2.48. The van der Waals surface area contributed by atoms with Crippen LogP contribution in [0.1, 0.15) is 34.5 Å². The highest BCUT2D eigenvalue weighted by Gasteiger charge is 2.47. The van der Waals surface area contributed by atoms with Crippen molar-refractivity contribution in [2.24, 2.45) is 5.92 Å². The molecule has 6 nitrogen and oxygen atoms in total. The van der Waals surface area contributed by atoms with Gasteiger partial charge in [0.05, 0.1) is 17.2 Å². The van der Waals surface area contributed by atoms with E-state index >= 15 is 0 Å². The summed E-state index contributed by atoms with van der Waals surface area (Å²) in [6.07, 6.45) is -0.194. The minimum Gasteiger partial charge on any atom is -0.365 e. The number of carbonyl (C=O) groups excluding carboxylic acids is 1. The number of nitrogens with one attached hydrogen (secondary N) is 1. The van der Waals surface area contributed by atoms with Gasteiger partial charge in [0, 0.05) is 36.1 Å². The number of halogens is 3. The van der Waals surface area contributed by atoms with Gasteiger partial charge in [-0.25, -0.2) is 15.0 Å². The number of hydrogen-bond donors (Lipinski definition) is 1. The first-order valence-corrected chi connectivity index (χ1v) is 11.2. The SMILES string of the molecule is Cc1ccc(C(=O)N2C[C@H]3C[C@@H](Nc4ccc(C(F)(F)F)cn4)[C@@H]2C3)c(-c2nccs2)n1. The van der Waals surface area contributed by atoms with Crippen molar-refractivity contribution in [2.75, 3.05) is 11.9 Å². The fourth-order valence-corrected chi connectivity index (χ4v) is 5.28. The second-order valence-corrected chi connectivity index (χ2v) is 9.12. The molecule has 0 unspecified atom stereocenters. The van der Waals surface area contributed by atoms with Crippen LogP contribution >= 0.6 is 11.3 Å². The minimum atomic E-state index is -4.42. The van der Waals surface area contributed by atoms with Gasteiger partial charge in [-0.1, -0.05) is 0 Å². The Kier molecular flexibility index (Phi) is 5.11. The third kappa shape index (κ3) is 3.83. The smallest absolute Gasteiger partial charge is 0.365 e. The van der Waals surface area contributed by atoms with Gasteiger partial charge in [-0.2, -0.15) is 13.2 Å². The number of amides is 1. The van der Waals surface area contributed by atoms with Crippen molar-refractivity contribution in [1.82, 2.24) is 19.9 Å². The van der Waals surface area contributed by atoms with Crippen LogP contribution in [0.5, 0.6) is 0 Å². The standard InChI is InChI=1S/C22H20F3N5OS/c1-12-2-4-15(19(28-12)20-26-6-7-32-20)21(31)30-11-13-8-16(17(30)9-13)29-18-5-3-14(10-27-18)22(23,24)25/h2-7,10,13,16-17H,8-9,11H2,1H3,(H,27,29)/t13-,16+,17-/m0/s1. The quantitative estimate of drug-likeness (QED) is 0.615. The zero-order valence-electron chi connectivity index (χ0n) is 17.1. The van der Waals surface area contributed by atoms with E-state index in [1.807, 2.05) is 23.3 Å². The first kappa shape index (κ1) is 20.9. The van der Waals surface area contributed by atoms with Crippen LogP contribution in [0.25, 0.3) is 10.7 Å². The number of fused-ring (bicyclic) bond motifs is 2. The third-order valence-corrected chi connectivity index (χ3v) is 6.85. The van der Waals surface area contributed by atoms with Gasteiger partial charge >= 0.3 is 6.18 Å². The molecule has 1 amide bonds. The number of hydrogen-bond acceptors (Lipinski definition) is 6. The summed E-state index contributed by atoms with van der Waals surface area (Å²) in [6, 6.07) is 5.86. The average molecular weight is 459 g/mol. The Morgan fingerprint density at radius 1 is 1.19 bits per heavy atom. The summed E-state index contributed by atoms with van der Waals surface area (Å²) in [6.45, 7) is 2.54. The van der Waals surface area contributed by atoms with E-state index in [1.165, 1.54) is 17.4 Å². The lowest BCUT2D eigenvalue weighted by molar-refractivity contribution is -0.137. The summed E-state index contributed by atoms with van der Waals surface area (Å²) in [5.74, 6) is 0.628. The summed E-state index contributed by atoms with van der Waals surface area (Å²) >= 11 is 1.43. The van der Waals surface area contributed by atoms with E-state index in [-0.39, 0.29) is 18.0 Å². The Balaban J connectivity index is 1.36. The molecule has 10 heteroatoms. The number of anilines is 1. The van der Waals surface area contributed by atoms with Gasteiger partial charge in [-0.05, 0) is 49.9 Å². The highest BCUT2D eigenvalue weighted by molar-refractivity contribution is 7.13. The number of carbonyl (C=O) groups is 1. The molecular formula is C22H20F3N5OS. The third-order valence-electron chi connectivity index (χ3n) is 6.07. The van der Waals surface area contributed by atoms with Crippen molar-refractivity contribution in [3.05, 3.63) is 58.9 Å². The summed E-state index contributed by atoms with van der Waals surface area (Å²) in [5.41, 5.74) is 1.13. The number of likely N-dealkylation sites (tertiary alicyclic amines) is 1. The molecule has 1 aliphatic carbocycles. The van der Waals surface area contributed by atoms with E-state index in [1.54, 1.807) is 12.3 Å². The van der Waals surface area contributed by atoms with Gasteiger partial charge < -0.3 is 10.2 Å². The molecule has 2 aliphatic rings. The molecule has 0 aromatic carbocycles. The van der Waals surface area contributed by atoms with E-state index in [9.17, 15) is 18.0 Å². The molecular weight excluding hydrogens is 439 g/mol. The molecule has 1 aliphatic heterocycles. The zero-order valence-corrected chi connectivity index (χ0v) is 18.0. The summed E-state index contributed by atoms with van der Waals surface area (Å²) < 4.78 is 38.4. The predicted octanol–water partition coefficient (Wildman–Crippen LogP) is 4.64. The van der Waals surface area contributed by atoms with Crippen LogP contribution in [0.2, 0.25) is 0 Å². The molecule has 4 heterocycles.